The number of benzene rings is 1. The fourth-order valence-electron chi connectivity index (χ4n) is 2.63. The fraction of sp³-hybridized carbons (Fsp3) is 0.500. The third-order valence-electron chi connectivity index (χ3n) is 3.82. The predicted octanol–water partition coefficient (Wildman–Crippen LogP) is 3.63. The van der Waals surface area contributed by atoms with E-state index < -0.39 is 18.6 Å². The molecular weight excluding hydrogens is 393 g/mol. The van der Waals surface area contributed by atoms with Crippen LogP contribution in [-0.4, -0.2) is 57.7 Å². The molecule has 0 aliphatic rings. The minimum atomic E-state index is -4.43. The lowest BCUT2D eigenvalue weighted by Crippen LogP contribution is -2.42. The summed E-state index contributed by atoms with van der Waals surface area (Å²) >= 11 is 1.06. The van der Waals surface area contributed by atoms with Gasteiger partial charge in [-0.3, -0.25) is 4.79 Å². The minimum absolute atomic E-state index is 0.0458. The number of ether oxygens (including phenoxy) is 1. The molecule has 0 bridgehead atoms. The van der Waals surface area contributed by atoms with Gasteiger partial charge in [0.15, 0.2) is 11.0 Å². The van der Waals surface area contributed by atoms with E-state index in [4.69, 9.17) is 4.74 Å². The number of para-hydroxylation sites is 1. The number of thioether (sulfide) groups is 1. The molecule has 6 nitrogen and oxygen atoms in total. The number of carbonyl (C=O) groups excluding carboxylic acids is 1. The van der Waals surface area contributed by atoms with Gasteiger partial charge in [0.1, 0.15) is 12.3 Å². The van der Waals surface area contributed by atoms with Gasteiger partial charge in [0.2, 0.25) is 5.91 Å². The topological polar surface area (TPSA) is 60.3 Å². The molecule has 2 aromatic rings. The van der Waals surface area contributed by atoms with Gasteiger partial charge in [-0.1, -0.05) is 37.7 Å². The van der Waals surface area contributed by atoms with Crippen LogP contribution in [0.4, 0.5) is 13.2 Å². The van der Waals surface area contributed by atoms with Gasteiger partial charge in [-0.15, -0.1) is 10.2 Å². The van der Waals surface area contributed by atoms with Crippen molar-refractivity contribution < 1.29 is 22.7 Å². The molecule has 1 aromatic heterocycles. The molecule has 0 saturated carbocycles. The molecule has 0 spiro atoms. The van der Waals surface area contributed by atoms with Crippen LogP contribution in [0.3, 0.4) is 0 Å². The number of halogens is 3. The zero-order valence-corrected chi connectivity index (χ0v) is 17.0. The van der Waals surface area contributed by atoms with Crippen LogP contribution >= 0.6 is 11.8 Å². The Kier molecular flexibility index (Phi) is 7.34. The number of methoxy groups -OCH3 is 1. The Morgan fingerprint density at radius 1 is 1.29 bits per heavy atom. The van der Waals surface area contributed by atoms with Gasteiger partial charge in [0.05, 0.1) is 18.4 Å². The molecular formula is C18H23F3N4O2S. The average molecular weight is 416 g/mol. The number of nitrogens with zero attached hydrogens (tertiary/aromatic N) is 4. The summed E-state index contributed by atoms with van der Waals surface area (Å²) in [6.07, 6.45) is -4.43. The van der Waals surface area contributed by atoms with Crippen LogP contribution in [0.15, 0.2) is 29.4 Å². The third kappa shape index (κ3) is 5.88. The smallest absolute Gasteiger partial charge is 0.406 e. The van der Waals surface area contributed by atoms with E-state index in [-0.39, 0.29) is 18.2 Å². The van der Waals surface area contributed by atoms with Crippen LogP contribution in [0.25, 0.3) is 11.4 Å². The molecule has 1 heterocycles. The van der Waals surface area contributed by atoms with Crippen molar-refractivity contribution in [2.75, 3.05) is 26.0 Å². The van der Waals surface area contributed by atoms with E-state index in [1.165, 1.54) is 0 Å². The third-order valence-corrected chi connectivity index (χ3v) is 4.82. The molecule has 154 valence electrons. The van der Waals surface area contributed by atoms with Crippen molar-refractivity contribution in [2.45, 2.75) is 25.2 Å². The van der Waals surface area contributed by atoms with Crippen molar-refractivity contribution in [3.8, 4) is 17.1 Å². The van der Waals surface area contributed by atoms with Crippen LogP contribution < -0.4 is 4.74 Å². The Morgan fingerprint density at radius 2 is 1.96 bits per heavy atom. The first-order valence-corrected chi connectivity index (χ1v) is 9.61. The Hall–Kier alpha value is -2.23. The molecule has 0 saturated heterocycles. The lowest BCUT2D eigenvalue weighted by atomic mass is 10.2. The van der Waals surface area contributed by atoms with Crippen molar-refractivity contribution in [1.82, 2.24) is 19.7 Å². The second kappa shape index (κ2) is 9.31. The second-order valence-corrected chi connectivity index (χ2v) is 7.58. The molecule has 0 N–H and O–H groups in total. The molecule has 0 atom stereocenters. The molecule has 28 heavy (non-hydrogen) atoms. The zero-order valence-electron chi connectivity index (χ0n) is 16.2. The number of aromatic nitrogens is 3. The number of amides is 1. The van der Waals surface area contributed by atoms with Gasteiger partial charge in [0.25, 0.3) is 0 Å². The van der Waals surface area contributed by atoms with E-state index in [1.54, 1.807) is 38.6 Å². The van der Waals surface area contributed by atoms with E-state index in [1.807, 2.05) is 18.2 Å². The van der Waals surface area contributed by atoms with Crippen LogP contribution in [0, 0.1) is 5.92 Å². The van der Waals surface area contributed by atoms with Crippen LogP contribution in [-0.2, 0) is 11.8 Å². The maximum Gasteiger partial charge on any atom is 0.406 e. The van der Waals surface area contributed by atoms with Crippen molar-refractivity contribution in [3.05, 3.63) is 24.3 Å². The largest absolute Gasteiger partial charge is 0.496 e. The zero-order chi connectivity index (χ0) is 20.9. The maximum absolute atomic E-state index is 12.8. The number of rotatable bonds is 8. The monoisotopic (exact) mass is 416 g/mol. The van der Waals surface area contributed by atoms with Gasteiger partial charge < -0.3 is 14.2 Å². The molecule has 0 aliphatic carbocycles. The predicted molar refractivity (Wildman–Crippen MR) is 101 cm³/mol. The highest BCUT2D eigenvalue weighted by atomic mass is 32.2. The Balaban J connectivity index is 2.11. The van der Waals surface area contributed by atoms with E-state index in [2.05, 4.69) is 10.2 Å². The first-order valence-electron chi connectivity index (χ1n) is 8.62. The Labute approximate surface area is 166 Å². The number of hydrogen-bond donors (Lipinski definition) is 0. The molecule has 1 aromatic carbocycles. The molecule has 0 aliphatic heterocycles. The summed E-state index contributed by atoms with van der Waals surface area (Å²) in [5, 5.41) is 8.63. The molecule has 2 rings (SSSR count). The summed E-state index contributed by atoms with van der Waals surface area (Å²) in [6.45, 7) is 2.33. The van der Waals surface area contributed by atoms with E-state index in [9.17, 15) is 18.0 Å². The van der Waals surface area contributed by atoms with Crippen LogP contribution in [0.2, 0.25) is 0 Å². The Bertz CT molecular complexity index is 808. The highest BCUT2D eigenvalue weighted by molar-refractivity contribution is 7.99. The van der Waals surface area contributed by atoms with Gasteiger partial charge in [-0.05, 0) is 18.1 Å². The summed E-state index contributed by atoms with van der Waals surface area (Å²) in [6, 6.07) is 7.29. The molecule has 10 heteroatoms. The van der Waals surface area contributed by atoms with Crippen molar-refractivity contribution in [1.29, 1.82) is 0 Å². The Morgan fingerprint density at radius 3 is 2.57 bits per heavy atom. The normalized spacial score (nSPS) is 11.7. The van der Waals surface area contributed by atoms with Crippen molar-refractivity contribution in [3.63, 3.8) is 0 Å². The van der Waals surface area contributed by atoms with Crippen molar-refractivity contribution in [2.24, 2.45) is 13.0 Å². The standard InChI is InChI=1S/C18H23F3N4O2S/c1-12(2)9-25(11-18(19,20)21)15(26)10-28-17-23-22-16(24(17)3)13-7-5-6-8-14(13)27-4/h5-8,12H,9-11H2,1-4H3. The molecule has 1 amide bonds. The van der Waals surface area contributed by atoms with Gasteiger partial charge in [0, 0.05) is 13.6 Å². The van der Waals surface area contributed by atoms with E-state index in [0.29, 0.717) is 16.7 Å². The molecule has 0 fully saturated rings. The average Bonchev–Trinajstić information content (AvgIpc) is 2.98. The lowest BCUT2D eigenvalue weighted by molar-refractivity contribution is -0.160. The summed E-state index contributed by atoms with van der Waals surface area (Å²) < 4.78 is 45.3. The fourth-order valence-corrected chi connectivity index (χ4v) is 3.45. The van der Waals surface area contributed by atoms with Crippen LogP contribution in [0.1, 0.15) is 13.8 Å². The van der Waals surface area contributed by atoms with Gasteiger partial charge in [-0.2, -0.15) is 13.2 Å². The lowest BCUT2D eigenvalue weighted by Gasteiger charge is -2.25. The van der Waals surface area contributed by atoms with Gasteiger partial charge >= 0.3 is 6.18 Å². The molecule has 0 unspecified atom stereocenters. The van der Waals surface area contributed by atoms with E-state index in [0.717, 1.165) is 22.2 Å². The number of hydrogen-bond acceptors (Lipinski definition) is 5. The second-order valence-electron chi connectivity index (χ2n) is 6.64. The summed E-state index contributed by atoms with van der Waals surface area (Å²) in [5.74, 6) is 0.363. The maximum atomic E-state index is 12.8. The van der Waals surface area contributed by atoms with Gasteiger partial charge in [-0.25, -0.2) is 0 Å². The highest BCUT2D eigenvalue weighted by Gasteiger charge is 2.33. The quantitative estimate of drug-likeness (QED) is 0.615. The highest BCUT2D eigenvalue weighted by Crippen LogP contribution is 2.30. The van der Waals surface area contributed by atoms with Crippen molar-refractivity contribution >= 4 is 17.7 Å². The molecule has 0 radical (unpaired) electrons. The number of carbonyl (C=O) groups is 1. The first-order chi connectivity index (χ1) is 13.1. The first kappa shape index (κ1) is 22.1. The SMILES string of the molecule is COc1ccccc1-c1nnc(SCC(=O)N(CC(C)C)CC(F)(F)F)n1C. The minimum Gasteiger partial charge on any atom is -0.496 e. The summed E-state index contributed by atoms with van der Waals surface area (Å²) in [4.78, 5) is 13.2. The summed E-state index contributed by atoms with van der Waals surface area (Å²) in [7, 11) is 3.28. The van der Waals surface area contributed by atoms with E-state index >= 15 is 0 Å². The number of alkyl halides is 3. The summed E-state index contributed by atoms with van der Waals surface area (Å²) in [5.41, 5.74) is 0.733. The van der Waals surface area contributed by atoms with Crippen LogP contribution in [0.5, 0.6) is 5.75 Å².